The summed E-state index contributed by atoms with van der Waals surface area (Å²) in [5.41, 5.74) is 7.72. The van der Waals surface area contributed by atoms with Crippen LogP contribution in [0.15, 0.2) is 24.3 Å². The van der Waals surface area contributed by atoms with Crippen molar-refractivity contribution in [2.75, 3.05) is 0 Å². The normalized spacial score (nSPS) is 12.7. The number of Topliss-reactive ketones (excluding diaryl/α,β-unsaturated/α-hetero) is 1. The molecule has 1 rings (SSSR count). The molecule has 1 unspecified atom stereocenters. The van der Waals surface area contributed by atoms with Crippen molar-refractivity contribution in [3.8, 4) is 0 Å². The van der Waals surface area contributed by atoms with E-state index in [-0.39, 0.29) is 6.42 Å². The number of carbonyl (C=O) groups is 1. The molecule has 18 heavy (non-hydrogen) atoms. The van der Waals surface area contributed by atoms with Gasteiger partial charge in [0.15, 0.2) is 0 Å². The first-order valence-corrected chi connectivity index (χ1v) is 5.77. The van der Waals surface area contributed by atoms with Crippen molar-refractivity contribution in [3.05, 3.63) is 40.9 Å². The molecule has 0 radical (unpaired) electrons. The number of alkyl halides is 4. The number of benzene rings is 1. The Morgan fingerprint density at radius 1 is 1.50 bits per heavy atom. The van der Waals surface area contributed by atoms with Crippen molar-refractivity contribution in [2.24, 2.45) is 0 Å². The van der Waals surface area contributed by atoms with E-state index in [1.807, 2.05) is 0 Å². The predicted octanol–water partition coefficient (Wildman–Crippen LogP) is 3.40. The number of ketones is 1. The largest absolute Gasteiger partial charge is 0.416 e. The minimum absolute atomic E-state index is 0.0919. The Balaban J connectivity index is 2.90. The van der Waals surface area contributed by atoms with Gasteiger partial charge in [-0.1, -0.05) is 34.1 Å². The molecule has 0 N–H and O–H groups in total. The summed E-state index contributed by atoms with van der Waals surface area (Å²) in [4.78, 5) is 13.1. The van der Waals surface area contributed by atoms with Crippen LogP contribution in [0.5, 0.6) is 0 Å². The third-order valence-electron chi connectivity index (χ3n) is 2.16. The van der Waals surface area contributed by atoms with Crippen LogP contribution in [0, 0.1) is 0 Å². The molecular formula is C11H8BrF3N2O. The van der Waals surface area contributed by atoms with Crippen LogP contribution in [0.3, 0.4) is 0 Å². The number of rotatable bonds is 4. The number of hydrogen-bond acceptors (Lipinski definition) is 1. The van der Waals surface area contributed by atoms with Gasteiger partial charge in [-0.2, -0.15) is 18.0 Å². The zero-order valence-electron chi connectivity index (χ0n) is 8.99. The topological polar surface area (TPSA) is 53.5 Å². The SMILES string of the molecule is [N-]=[N+]=CC(=O)CC(Br)c1cccc(C(F)(F)F)c1. The molecule has 0 spiro atoms. The van der Waals surface area contributed by atoms with Gasteiger partial charge < -0.3 is 5.53 Å². The molecule has 0 bridgehead atoms. The molecule has 0 aliphatic rings. The molecule has 0 heterocycles. The second-order valence-electron chi connectivity index (χ2n) is 3.51. The van der Waals surface area contributed by atoms with E-state index in [1.54, 1.807) is 0 Å². The van der Waals surface area contributed by atoms with Gasteiger partial charge in [0.25, 0.3) is 0 Å². The summed E-state index contributed by atoms with van der Waals surface area (Å²) < 4.78 is 37.4. The van der Waals surface area contributed by atoms with Crippen molar-refractivity contribution in [3.63, 3.8) is 0 Å². The van der Waals surface area contributed by atoms with Crippen LogP contribution in [0.4, 0.5) is 13.2 Å². The Kier molecular flexibility index (Phi) is 4.81. The maximum absolute atomic E-state index is 12.5. The van der Waals surface area contributed by atoms with Gasteiger partial charge in [0.2, 0.25) is 5.78 Å². The lowest BCUT2D eigenvalue weighted by Crippen LogP contribution is -2.07. The Hall–Kier alpha value is -1.46. The summed E-state index contributed by atoms with van der Waals surface area (Å²) in [6.45, 7) is 0. The predicted molar refractivity (Wildman–Crippen MR) is 62.4 cm³/mol. The zero-order valence-corrected chi connectivity index (χ0v) is 10.6. The molecule has 0 fully saturated rings. The van der Waals surface area contributed by atoms with Gasteiger partial charge in [-0.05, 0) is 11.6 Å². The highest BCUT2D eigenvalue weighted by molar-refractivity contribution is 9.09. The van der Waals surface area contributed by atoms with Gasteiger partial charge in [0.05, 0.1) is 5.56 Å². The quantitative estimate of drug-likeness (QED) is 0.363. The molecule has 0 saturated heterocycles. The van der Waals surface area contributed by atoms with E-state index in [2.05, 4.69) is 20.7 Å². The monoisotopic (exact) mass is 320 g/mol. The Morgan fingerprint density at radius 3 is 2.72 bits per heavy atom. The van der Waals surface area contributed by atoms with Gasteiger partial charge in [-0.25, -0.2) is 0 Å². The zero-order chi connectivity index (χ0) is 13.8. The maximum atomic E-state index is 12.5. The molecule has 0 aliphatic carbocycles. The van der Waals surface area contributed by atoms with E-state index in [4.69, 9.17) is 5.53 Å². The summed E-state index contributed by atoms with van der Waals surface area (Å²) in [6.07, 6.45) is -3.80. The van der Waals surface area contributed by atoms with Crippen LogP contribution in [0.25, 0.3) is 5.53 Å². The minimum Gasteiger partial charge on any atom is -0.361 e. The summed E-state index contributed by atoms with van der Waals surface area (Å²) in [5, 5.41) is 0. The van der Waals surface area contributed by atoms with Crippen molar-refractivity contribution >= 4 is 27.9 Å². The number of hydrogen-bond donors (Lipinski definition) is 0. The van der Waals surface area contributed by atoms with Crippen LogP contribution in [0.2, 0.25) is 0 Å². The van der Waals surface area contributed by atoms with Crippen molar-refractivity contribution in [2.45, 2.75) is 17.4 Å². The lowest BCUT2D eigenvalue weighted by molar-refractivity contribution is -0.137. The van der Waals surface area contributed by atoms with Crippen LogP contribution < -0.4 is 0 Å². The van der Waals surface area contributed by atoms with Crippen LogP contribution in [-0.4, -0.2) is 16.8 Å². The molecule has 3 nitrogen and oxygen atoms in total. The maximum Gasteiger partial charge on any atom is 0.416 e. The summed E-state index contributed by atoms with van der Waals surface area (Å²) >= 11 is 3.13. The second kappa shape index (κ2) is 5.93. The summed E-state index contributed by atoms with van der Waals surface area (Å²) in [7, 11) is 0. The first-order valence-electron chi connectivity index (χ1n) is 4.86. The van der Waals surface area contributed by atoms with Crippen LogP contribution in [-0.2, 0) is 11.0 Å². The first kappa shape index (κ1) is 14.6. The average molecular weight is 321 g/mol. The highest BCUT2D eigenvalue weighted by Crippen LogP contribution is 2.33. The van der Waals surface area contributed by atoms with Gasteiger partial charge >= 0.3 is 12.4 Å². The van der Waals surface area contributed by atoms with Gasteiger partial charge in [0, 0.05) is 11.2 Å². The van der Waals surface area contributed by atoms with Gasteiger partial charge in [-0.3, -0.25) is 4.79 Å². The molecule has 1 atom stereocenters. The molecule has 7 heteroatoms. The number of halogens is 4. The molecular weight excluding hydrogens is 313 g/mol. The van der Waals surface area contributed by atoms with E-state index in [0.29, 0.717) is 11.8 Å². The summed E-state index contributed by atoms with van der Waals surface area (Å²) in [6, 6.07) is 4.69. The van der Waals surface area contributed by atoms with E-state index in [0.717, 1.165) is 12.1 Å². The van der Waals surface area contributed by atoms with Crippen LogP contribution >= 0.6 is 15.9 Å². The highest BCUT2D eigenvalue weighted by Gasteiger charge is 2.30. The van der Waals surface area contributed by atoms with Gasteiger partial charge in [0.1, 0.15) is 0 Å². The number of nitrogens with zero attached hydrogens (tertiary/aromatic N) is 2. The smallest absolute Gasteiger partial charge is 0.361 e. The fourth-order valence-electron chi connectivity index (χ4n) is 1.32. The number of carbonyl (C=O) groups excluding carboxylic acids is 1. The highest BCUT2D eigenvalue weighted by atomic mass is 79.9. The third kappa shape index (κ3) is 4.09. The standard InChI is InChI=1S/C11H8BrF3N2O/c12-10(5-9(18)6-17-16)7-2-1-3-8(4-7)11(13,14)15/h1-4,6,10H,5H2. The van der Waals surface area contributed by atoms with Crippen molar-refractivity contribution < 1.29 is 22.8 Å². The molecule has 1 aromatic carbocycles. The fraction of sp³-hybridized carbons (Fsp3) is 0.273. The van der Waals surface area contributed by atoms with E-state index >= 15 is 0 Å². The van der Waals surface area contributed by atoms with Crippen molar-refractivity contribution in [1.29, 1.82) is 0 Å². The Bertz CT molecular complexity index is 495. The van der Waals surface area contributed by atoms with Crippen molar-refractivity contribution in [1.82, 2.24) is 0 Å². The fourth-order valence-corrected chi connectivity index (χ4v) is 1.93. The molecule has 0 aromatic heterocycles. The molecule has 0 amide bonds. The minimum atomic E-state index is -4.42. The van der Waals surface area contributed by atoms with E-state index in [1.165, 1.54) is 12.1 Å². The average Bonchev–Trinajstić information content (AvgIpc) is 2.28. The molecule has 1 aromatic rings. The molecule has 0 aliphatic heterocycles. The van der Waals surface area contributed by atoms with Gasteiger partial charge in [-0.15, -0.1) is 0 Å². The Labute approximate surface area is 109 Å². The lowest BCUT2D eigenvalue weighted by atomic mass is 10.0. The molecule has 0 saturated carbocycles. The van der Waals surface area contributed by atoms with E-state index < -0.39 is 22.4 Å². The summed E-state index contributed by atoms with van der Waals surface area (Å²) in [5.74, 6) is -0.489. The second-order valence-corrected chi connectivity index (χ2v) is 4.61. The lowest BCUT2D eigenvalue weighted by Gasteiger charge is -2.11. The van der Waals surface area contributed by atoms with Crippen LogP contribution in [0.1, 0.15) is 22.4 Å². The van der Waals surface area contributed by atoms with E-state index in [9.17, 15) is 18.0 Å². The third-order valence-corrected chi connectivity index (χ3v) is 3.01. The first-order chi connectivity index (χ1) is 8.34. The Morgan fingerprint density at radius 2 is 2.17 bits per heavy atom. The molecule has 96 valence electrons.